The maximum Gasteiger partial charge on any atom is 0.253 e. The van der Waals surface area contributed by atoms with Crippen LogP contribution in [0.3, 0.4) is 0 Å². The molecule has 0 radical (unpaired) electrons. The quantitative estimate of drug-likeness (QED) is 0.826. The Morgan fingerprint density at radius 2 is 2.26 bits per heavy atom. The average Bonchev–Trinajstić information content (AvgIpc) is 2.40. The van der Waals surface area contributed by atoms with E-state index in [1.54, 1.807) is 18.0 Å². The van der Waals surface area contributed by atoms with Gasteiger partial charge in [-0.05, 0) is 44.6 Å². The first-order valence-corrected chi connectivity index (χ1v) is 6.50. The van der Waals surface area contributed by atoms with Crippen LogP contribution in [0.25, 0.3) is 0 Å². The lowest BCUT2D eigenvalue weighted by atomic mass is 10.0. The van der Waals surface area contributed by atoms with Gasteiger partial charge in [0.25, 0.3) is 5.91 Å². The van der Waals surface area contributed by atoms with Crippen LogP contribution in [0.2, 0.25) is 0 Å². The van der Waals surface area contributed by atoms with Gasteiger partial charge in [0.1, 0.15) is 5.82 Å². The first kappa shape index (κ1) is 13.8. The van der Waals surface area contributed by atoms with Gasteiger partial charge in [-0.15, -0.1) is 0 Å². The second-order valence-corrected chi connectivity index (χ2v) is 5.21. The molecule has 1 heterocycles. The number of likely N-dealkylation sites (N-methyl/N-ethyl adjacent to an activating group) is 2. The molecule has 2 rings (SSSR count). The Bertz CT molecular complexity index is 478. The lowest BCUT2D eigenvalue weighted by molar-refractivity contribution is 0.0643. The van der Waals surface area contributed by atoms with Crippen LogP contribution >= 0.6 is 0 Å². The number of carbonyl (C=O) groups excluding carboxylic acids is 1. The molecule has 5 heteroatoms. The van der Waals surface area contributed by atoms with Crippen molar-refractivity contribution >= 4 is 11.6 Å². The number of nitrogen functional groups attached to an aromatic ring is 1. The summed E-state index contributed by atoms with van der Waals surface area (Å²) in [5.41, 5.74) is 5.84. The van der Waals surface area contributed by atoms with Crippen molar-refractivity contribution in [3.8, 4) is 0 Å². The smallest absolute Gasteiger partial charge is 0.253 e. The minimum atomic E-state index is -0.542. The number of likely N-dealkylation sites (tertiary alicyclic amines) is 1. The van der Waals surface area contributed by atoms with Gasteiger partial charge < -0.3 is 15.5 Å². The predicted octanol–water partition coefficient (Wildman–Crippen LogP) is 1.57. The molecule has 1 saturated heterocycles. The van der Waals surface area contributed by atoms with Crippen LogP contribution in [0.5, 0.6) is 0 Å². The van der Waals surface area contributed by atoms with Gasteiger partial charge in [0.05, 0.1) is 5.69 Å². The molecule has 0 saturated carbocycles. The highest BCUT2D eigenvalue weighted by Crippen LogP contribution is 2.18. The van der Waals surface area contributed by atoms with E-state index in [9.17, 15) is 9.18 Å². The number of nitrogens with zero attached hydrogens (tertiary/aromatic N) is 2. The zero-order chi connectivity index (χ0) is 14.0. The zero-order valence-corrected chi connectivity index (χ0v) is 11.4. The maximum atomic E-state index is 13.4. The van der Waals surface area contributed by atoms with Crippen LogP contribution in [0.1, 0.15) is 23.2 Å². The number of nitrogens with two attached hydrogens (primary N) is 1. The second-order valence-electron chi connectivity index (χ2n) is 5.21. The largest absolute Gasteiger partial charge is 0.396 e. The van der Waals surface area contributed by atoms with Crippen molar-refractivity contribution in [3.05, 3.63) is 29.6 Å². The lowest BCUT2D eigenvalue weighted by Crippen LogP contribution is -2.47. The molecule has 1 fully saturated rings. The highest BCUT2D eigenvalue weighted by atomic mass is 19.1. The lowest BCUT2D eigenvalue weighted by Gasteiger charge is -2.35. The van der Waals surface area contributed by atoms with Crippen molar-refractivity contribution in [3.63, 3.8) is 0 Å². The molecule has 1 aromatic carbocycles. The molecule has 1 aromatic rings. The summed E-state index contributed by atoms with van der Waals surface area (Å²) in [6.07, 6.45) is 2.07. The molecule has 1 amide bonds. The number of carbonyl (C=O) groups is 1. The van der Waals surface area contributed by atoms with Crippen molar-refractivity contribution < 1.29 is 9.18 Å². The first-order chi connectivity index (χ1) is 8.99. The fourth-order valence-electron chi connectivity index (χ4n) is 2.48. The van der Waals surface area contributed by atoms with Gasteiger partial charge in [-0.2, -0.15) is 0 Å². The van der Waals surface area contributed by atoms with Crippen LogP contribution in [0.15, 0.2) is 18.2 Å². The number of benzene rings is 1. The van der Waals surface area contributed by atoms with Crippen molar-refractivity contribution in [1.82, 2.24) is 9.80 Å². The van der Waals surface area contributed by atoms with E-state index in [1.807, 2.05) is 7.05 Å². The van der Waals surface area contributed by atoms with Crippen LogP contribution in [0, 0.1) is 5.82 Å². The van der Waals surface area contributed by atoms with Crippen molar-refractivity contribution in [1.29, 1.82) is 0 Å². The van der Waals surface area contributed by atoms with Gasteiger partial charge in [0.15, 0.2) is 0 Å². The Balaban J connectivity index is 2.11. The third-order valence-electron chi connectivity index (χ3n) is 3.72. The van der Waals surface area contributed by atoms with Crippen LogP contribution in [-0.4, -0.2) is 48.9 Å². The summed E-state index contributed by atoms with van der Waals surface area (Å²) in [7, 11) is 3.83. The van der Waals surface area contributed by atoms with Gasteiger partial charge in [-0.3, -0.25) is 4.79 Å². The molecule has 0 spiro atoms. The molecule has 1 aliphatic heterocycles. The average molecular weight is 265 g/mol. The molecular formula is C14H20FN3O. The van der Waals surface area contributed by atoms with Gasteiger partial charge in [0, 0.05) is 25.2 Å². The van der Waals surface area contributed by atoms with Crippen molar-refractivity contribution in [2.45, 2.75) is 18.9 Å². The van der Waals surface area contributed by atoms with Gasteiger partial charge in [-0.25, -0.2) is 4.39 Å². The Morgan fingerprint density at radius 1 is 1.53 bits per heavy atom. The number of hydrogen-bond donors (Lipinski definition) is 1. The van der Waals surface area contributed by atoms with E-state index in [4.69, 9.17) is 5.73 Å². The molecule has 1 atom stereocenters. The van der Waals surface area contributed by atoms with Gasteiger partial charge in [0.2, 0.25) is 0 Å². The van der Waals surface area contributed by atoms with Crippen LogP contribution in [0.4, 0.5) is 10.1 Å². The molecular weight excluding hydrogens is 245 g/mol. The number of halogens is 1. The minimum absolute atomic E-state index is 0.0663. The van der Waals surface area contributed by atoms with E-state index in [2.05, 4.69) is 4.90 Å². The van der Waals surface area contributed by atoms with E-state index < -0.39 is 5.82 Å². The monoisotopic (exact) mass is 265 g/mol. The molecule has 0 aromatic heterocycles. The summed E-state index contributed by atoms with van der Waals surface area (Å²) < 4.78 is 13.4. The van der Waals surface area contributed by atoms with Crippen molar-refractivity contribution in [2.24, 2.45) is 0 Å². The molecule has 1 unspecified atom stereocenters. The highest BCUT2D eigenvalue weighted by Gasteiger charge is 2.25. The van der Waals surface area contributed by atoms with E-state index in [0.29, 0.717) is 5.56 Å². The van der Waals surface area contributed by atoms with Gasteiger partial charge >= 0.3 is 0 Å². The predicted molar refractivity (Wildman–Crippen MR) is 73.4 cm³/mol. The third-order valence-corrected chi connectivity index (χ3v) is 3.72. The van der Waals surface area contributed by atoms with Gasteiger partial charge in [-0.1, -0.05) is 0 Å². The Labute approximate surface area is 113 Å². The van der Waals surface area contributed by atoms with Crippen LogP contribution in [-0.2, 0) is 0 Å². The topological polar surface area (TPSA) is 49.6 Å². The number of hydrogen-bond acceptors (Lipinski definition) is 3. The number of amides is 1. The zero-order valence-electron chi connectivity index (χ0n) is 11.4. The van der Waals surface area contributed by atoms with E-state index >= 15 is 0 Å². The molecule has 0 aliphatic carbocycles. The summed E-state index contributed by atoms with van der Waals surface area (Å²) in [5, 5.41) is 0. The molecule has 2 N–H and O–H groups in total. The number of anilines is 1. The highest BCUT2D eigenvalue weighted by molar-refractivity contribution is 5.94. The van der Waals surface area contributed by atoms with E-state index in [1.165, 1.54) is 12.1 Å². The number of piperidine rings is 1. The molecule has 0 bridgehead atoms. The SMILES string of the molecule is CN1CCCC(N(C)C(=O)c2ccc(N)c(F)c2)C1. The summed E-state index contributed by atoms with van der Waals surface area (Å²) >= 11 is 0. The fraction of sp³-hybridized carbons (Fsp3) is 0.500. The second kappa shape index (κ2) is 5.57. The normalized spacial score (nSPS) is 20.3. The summed E-state index contributed by atoms with van der Waals surface area (Å²) in [6.45, 7) is 1.93. The fourth-order valence-corrected chi connectivity index (χ4v) is 2.48. The number of rotatable bonds is 2. The van der Waals surface area contributed by atoms with Crippen molar-refractivity contribution in [2.75, 3.05) is 32.9 Å². The maximum absolute atomic E-state index is 13.4. The Hall–Kier alpha value is -1.62. The summed E-state index contributed by atoms with van der Waals surface area (Å²) in [6, 6.07) is 4.40. The van der Waals surface area contributed by atoms with Crippen LogP contribution < -0.4 is 5.73 Å². The Kier molecular flexibility index (Phi) is 4.04. The first-order valence-electron chi connectivity index (χ1n) is 6.50. The van der Waals surface area contributed by atoms with E-state index in [-0.39, 0.29) is 17.6 Å². The summed E-state index contributed by atoms with van der Waals surface area (Å²) in [4.78, 5) is 16.2. The minimum Gasteiger partial charge on any atom is -0.396 e. The summed E-state index contributed by atoms with van der Waals surface area (Å²) in [5.74, 6) is -0.695. The Morgan fingerprint density at radius 3 is 2.89 bits per heavy atom. The third kappa shape index (κ3) is 3.04. The molecule has 104 valence electrons. The standard InChI is InChI=1S/C14H20FN3O/c1-17-7-3-4-11(9-17)18(2)14(19)10-5-6-13(16)12(15)8-10/h5-6,8,11H,3-4,7,9,16H2,1-2H3. The molecule has 4 nitrogen and oxygen atoms in total. The molecule has 19 heavy (non-hydrogen) atoms. The molecule has 1 aliphatic rings. The van der Waals surface area contributed by atoms with E-state index in [0.717, 1.165) is 25.9 Å².